The molecule has 88 valence electrons. The summed E-state index contributed by atoms with van der Waals surface area (Å²) in [6.07, 6.45) is 7.90. The number of hydrogen-bond acceptors (Lipinski definition) is 3. The van der Waals surface area contributed by atoms with E-state index in [-0.39, 0.29) is 0 Å². The molecule has 1 aliphatic carbocycles. The highest BCUT2D eigenvalue weighted by Gasteiger charge is 2.17. The molecule has 2 nitrogen and oxygen atoms in total. The van der Waals surface area contributed by atoms with E-state index in [1.165, 1.54) is 9.75 Å². The predicted molar refractivity (Wildman–Crippen MR) is 70.8 cm³/mol. The summed E-state index contributed by atoms with van der Waals surface area (Å²) in [6.45, 7) is 2.88. The third-order valence-corrected chi connectivity index (χ3v) is 4.40. The molecule has 0 aromatic carbocycles. The summed E-state index contributed by atoms with van der Waals surface area (Å²) >= 11 is 1.89. The summed E-state index contributed by atoms with van der Waals surface area (Å²) in [6, 6.07) is 5.35. The topological polar surface area (TPSA) is 38.0 Å². The SMILES string of the molecule is CCc1ccc(C(CN)NC2CC=CC2)s1. The van der Waals surface area contributed by atoms with Gasteiger partial charge >= 0.3 is 0 Å². The van der Waals surface area contributed by atoms with Gasteiger partial charge in [0, 0.05) is 22.3 Å². The van der Waals surface area contributed by atoms with Crippen molar-refractivity contribution in [1.29, 1.82) is 0 Å². The Morgan fingerprint density at radius 3 is 2.75 bits per heavy atom. The Balaban J connectivity index is 1.98. The lowest BCUT2D eigenvalue weighted by Gasteiger charge is -2.20. The molecule has 1 aromatic heterocycles. The maximum atomic E-state index is 5.86. The van der Waals surface area contributed by atoms with Crippen LogP contribution in [0.3, 0.4) is 0 Å². The van der Waals surface area contributed by atoms with Crippen molar-refractivity contribution in [1.82, 2.24) is 5.32 Å². The minimum absolute atomic E-state index is 0.329. The zero-order valence-electron chi connectivity index (χ0n) is 9.78. The van der Waals surface area contributed by atoms with E-state index in [2.05, 4.69) is 36.5 Å². The molecule has 0 saturated heterocycles. The normalized spacial score (nSPS) is 18.1. The molecular weight excluding hydrogens is 216 g/mol. The van der Waals surface area contributed by atoms with Gasteiger partial charge in [0.2, 0.25) is 0 Å². The quantitative estimate of drug-likeness (QED) is 0.771. The molecule has 1 aromatic rings. The molecule has 1 unspecified atom stereocenters. The number of thiophene rings is 1. The lowest BCUT2D eigenvalue weighted by atomic mass is 10.1. The average Bonchev–Trinajstić information content (AvgIpc) is 2.96. The monoisotopic (exact) mass is 236 g/mol. The van der Waals surface area contributed by atoms with E-state index < -0.39 is 0 Å². The van der Waals surface area contributed by atoms with Crippen LogP contribution in [-0.4, -0.2) is 12.6 Å². The molecule has 0 radical (unpaired) electrons. The van der Waals surface area contributed by atoms with Crippen molar-refractivity contribution in [3.8, 4) is 0 Å². The second-order valence-corrected chi connectivity index (χ2v) is 5.45. The van der Waals surface area contributed by atoms with Crippen LogP contribution in [0.5, 0.6) is 0 Å². The zero-order chi connectivity index (χ0) is 11.4. The Morgan fingerprint density at radius 1 is 1.44 bits per heavy atom. The maximum absolute atomic E-state index is 5.86. The molecule has 0 bridgehead atoms. The van der Waals surface area contributed by atoms with Crippen LogP contribution >= 0.6 is 11.3 Å². The van der Waals surface area contributed by atoms with Gasteiger partial charge in [-0.25, -0.2) is 0 Å². The highest BCUT2D eigenvalue weighted by molar-refractivity contribution is 7.12. The van der Waals surface area contributed by atoms with E-state index in [1.54, 1.807) is 0 Å². The van der Waals surface area contributed by atoms with Crippen molar-refractivity contribution in [2.75, 3.05) is 6.54 Å². The molecule has 2 rings (SSSR count). The lowest BCUT2D eigenvalue weighted by molar-refractivity contribution is 0.458. The predicted octanol–water partition coefficient (Wildman–Crippen LogP) is 2.62. The standard InChI is InChI=1S/C13H20N2S/c1-2-11-7-8-13(16-11)12(9-14)15-10-5-3-4-6-10/h3-4,7-8,10,12,15H,2,5-6,9,14H2,1H3. The number of nitrogens with two attached hydrogens (primary N) is 1. The van der Waals surface area contributed by atoms with Gasteiger partial charge in [0.25, 0.3) is 0 Å². The minimum Gasteiger partial charge on any atom is -0.329 e. The summed E-state index contributed by atoms with van der Waals surface area (Å²) in [5.41, 5.74) is 5.86. The van der Waals surface area contributed by atoms with Gasteiger partial charge < -0.3 is 11.1 Å². The van der Waals surface area contributed by atoms with Crippen molar-refractivity contribution in [3.63, 3.8) is 0 Å². The summed E-state index contributed by atoms with van der Waals surface area (Å²) in [4.78, 5) is 2.83. The van der Waals surface area contributed by atoms with E-state index in [0.29, 0.717) is 18.6 Å². The van der Waals surface area contributed by atoms with Crippen LogP contribution in [0, 0.1) is 0 Å². The summed E-state index contributed by atoms with van der Waals surface area (Å²) < 4.78 is 0. The molecule has 0 fully saturated rings. The van der Waals surface area contributed by atoms with Crippen LogP contribution in [0.25, 0.3) is 0 Å². The lowest BCUT2D eigenvalue weighted by Crippen LogP contribution is -2.34. The third-order valence-electron chi connectivity index (χ3n) is 3.05. The van der Waals surface area contributed by atoms with Gasteiger partial charge in [-0.15, -0.1) is 11.3 Å². The van der Waals surface area contributed by atoms with Crippen molar-refractivity contribution in [2.45, 2.75) is 38.3 Å². The fourth-order valence-electron chi connectivity index (χ4n) is 2.08. The second-order valence-electron chi connectivity index (χ2n) is 4.25. The molecule has 3 N–H and O–H groups in total. The minimum atomic E-state index is 0.329. The summed E-state index contributed by atoms with van der Waals surface area (Å²) in [7, 11) is 0. The van der Waals surface area contributed by atoms with Crippen molar-refractivity contribution >= 4 is 11.3 Å². The first-order valence-electron chi connectivity index (χ1n) is 6.03. The molecule has 1 atom stereocenters. The Kier molecular flexibility index (Phi) is 4.16. The van der Waals surface area contributed by atoms with Crippen molar-refractivity contribution in [2.24, 2.45) is 5.73 Å². The Morgan fingerprint density at radius 2 is 2.19 bits per heavy atom. The highest BCUT2D eigenvalue weighted by Crippen LogP contribution is 2.25. The molecule has 0 aliphatic heterocycles. The van der Waals surface area contributed by atoms with E-state index in [1.807, 2.05) is 11.3 Å². The largest absolute Gasteiger partial charge is 0.329 e. The van der Waals surface area contributed by atoms with Crippen LogP contribution in [0.15, 0.2) is 24.3 Å². The fourth-order valence-corrected chi connectivity index (χ4v) is 3.10. The first kappa shape index (κ1) is 11.8. The molecule has 3 heteroatoms. The molecule has 0 saturated carbocycles. The van der Waals surface area contributed by atoms with E-state index in [4.69, 9.17) is 5.73 Å². The first-order valence-corrected chi connectivity index (χ1v) is 6.84. The van der Waals surface area contributed by atoms with Gasteiger partial charge in [-0.05, 0) is 31.4 Å². The first-order chi connectivity index (χ1) is 7.83. The van der Waals surface area contributed by atoms with Gasteiger partial charge in [-0.2, -0.15) is 0 Å². The van der Waals surface area contributed by atoms with Gasteiger partial charge in [-0.1, -0.05) is 19.1 Å². The van der Waals surface area contributed by atoms with Crippen LogP contribution in [0.2, 0.25) is 0 Å². The number of aryl methyl sites for hydroxylation is 1. The van der Waals surface area contributed by atoms with Crippen LogP contribution in [-0.2, 0) is 6.42 Å². The molecular formula is C13H20N2S. The molecule has 16 heavy (non-hydrogen) atoms. The molecule has 0 amide bonds. The third kappa shape index (κ3) is 2.73. The Hall–Kier alpha value is -0.640. The maximum Gasteiger partial charge on any atom is 0.0541 e. The smallest absolute Gasteiger partial charge is 0.0541 e. The van der Waals surface area contributed by atoms with Gasteiger partial charge in [-0.3, -0.25) is 0 Å². The van der Waals surface area contributed by atoms with E-state index >= 15 is 0 Å². The Bertz CT molecular complexity index is 349. The number of rotatable bonds is 5. The highest BCUT2D eigenvalue weighted by atomic mass is 32.1. The van der Waals surface area contributed by atoms with Crippen LogP contribution < -0.4 is 11.1 Å². The molecule has 1 heterocycles. The van der Waals surface area contributed by atoms with Crippen LogP contribution in [0.1, 0.15) is 35.6 Å². The Labute approximate surface area is 102 Å². The number of hydrogen-bond donors (Lipinski definition) is 2. The van der Waals surface area contributed by atoms with Gasteiger partial charge in [0.1, 0.15) is 0 Å². The van der Waals surface area contributed by atoms with Crippen molar-refractivity contribution in [3.05, 3.63) is 34.0 Å². The zero-order valence-corrected chi connectivity index (χ0v) is 10.6. The summed E-state index contributed by atoms with van der Waals surface area (Å²) in [5, 5.41) is 3.64. The molecule has 1 aliphatic rings. The van der Waals surface area contributed by atoms with E-state index in [0.717, 1.165) is 19.3 Å². The van der Waals surface area contributed by atoms with Crippen molar-refractivity contribution < 1.29 is 0 Å². The summed E-state index contributed by atoms with van der Waals surface area (Å²) in [5.74, 6) is 0. The second kappa shape index (κ2) is 5.62. The van der Waals surface area contributed by atoms with Crippen LogP contribution in [0.4, 0.5) is 0 Å². The molecule has 0 spiro atoms. The number of nitrogens with one attached hydrogen (secondary N) is 1. The van der Waals surface area contributed by atoms with E-state index in [9.17, 15) is 0 Å². The van der Waals surface area contributed by atoms with Gasteiger partial charge in [0.15, 0.2) is 0 Å². The van der Waals surface area contributed by atoms with Gasteiger partial charge in [0.05, 0.1) is 6.04 Å². The fraction of sp³-hybridized carbons (Fsp3) is 0.538. The average molecular weight is 236 g/mol.